The summed E-state index contributed by atoms with van der Waals surface area (Å²) < 4.78 is 28.0. The van der Waals surface area contributed by atoms with Crippen molar-refractivity contribution in [3.63, 3.8) is 0 Å². The fraction of sp³-hybridized carbons (Fsp3) is 0.211. The summed E-state index contributed by atoms with van der Waals surface area (Å²) in [6.07, 6.45) is 1.39. The van der Waals surface area contributed by atoms with Gasteiger partial charge in [0.1, 0.15) is 0 Å². The molecule has 0 aliphatic carbocycles. The fourth-order valence-electron chi connectivity index (χ4n) is 2.68. The Morgan fingerprint density at radius 2 is 1.61 bits per heavy atom. The van der Waals surface area contributed by atoms with Gasteiger partial charge in [-0.1, -0.05) is 61.6 Å². The Bertz CT molecular complexity index is 1060. The van der Waals surface area contributed by atoms with Crippen molar-refractivity contribution in [2.75, 3.05) is 10.0 Å². The normalized spacial score (nSPS) is 11.2. The predicted octanol–water partition coefficient (Wildman–Crippen LogP) is 3.72. The van der Waals surface area contributed by atoms with Crippen molar-refractivity contribution < 1.29 is 13.2 Å². The van der Waals surface area contributed by atoms with Gasteiger partial charge in [0, 0.05) is 5.56 Å². The molecule has 0 fully saturated rings. The van der Waals surface area contributed by atoms with Gasteiger partial charge in [-0.15, -0.1) is 10.2 Å². The SMILES string of the molecule is CCc1cccc(CC)c1NS(=O)(=O)c1nnc(NC(=O)c2ccccc2)s1. The number of amides is 1. The third-order valence-corrected chi connectivity index (χ3v) is 6.68. The van der Waals surface area contributed by atoms with Gasteiger partial charge < -0.3 is 0 Å². The van der Waals surface area contributed by atoms with E-state index >= 15 is 0 Å². The maximum absolute atomic E-state index is 12.8. The quantitative estimate of drug-likeness (QED) is 0.572. The largest absolute Gasteiger partial charge is 0.296 e. The first-order valence-corrected chi connectivity index (χ1v) is 11.1. The van der Waals surface area contributed by atoms with Crippen molar-refractivity contribution in [3.8, 4) is 0 Å². The van der Waals surface area contributed by atoms with Crippen LogP contribution in [0.2, 0.25) is 0 Å². The molecule has 7 nitrogen and oxygen atoms in total. The van der Waals surface area contributed by atoms with Crippen LogP contribution in [0.1, 0.15) is 35.3 Å². The Kier molecular flexibility index (Phi) is 6.05. The summed E-state index contributed by atoms with van der Waals surface area (Å²) in [6, 6.07) is 14.3. The number of nitrogens with one attached hydrogen (secondary N) is 2. The third-order valence-electron chi connectivity index (χ3n) is 4.13. The number of hydrogen-bond acceptors (Lipinski definition) is 6. The first kappa shape index (κ1) is 20.0. The average Bonchev–Trinajstić information content (AvgIpc) is 3.18. The number of nitrogens with zero attached hydrogens (tertiary/aromatic N) is 2. The van der Waals surface area contributed by atoms with Gasteiger partial charge in [0.2, 0.25) is 5.13 Å². The first-order valence-electron chi connectivity index (χ1n) is 8.78. The molecule has 146 valence electrons. The van der Waals surface area contributed by atoms with Crippen molar-refractivity contribution in [2.24, 2.45) is 0 Å². The van der Waals surface area contributed by atoms with E-state index in [9.17, 15) is 13.2 Å². The Labute approximate surface area is 167 Å². The van der Waals surface area contributed by atoms with Crippen molar-refractivity contribution >= 4 is 38.1 Å². The van der Waals surface area contributed by atoms with E-state index in [2.05, 4.69) is 20.2 Å². The minimum atomic E-state index is -3.91. The van der Waals surface area contributed by atoms with Crippen LogP contribution in [0.15, 0.2) is 52.9 Å². The van der Waals surface area contributed by atoms with Crippen LogP contribution in [-0.4, -0.2) is 24.5 Å². The number of aromatic nitrogens is 2. The number of rotatable bonds is 7. The fourth-order valence-corrected chi connectivity index (χ4v) is 4.72. The number of carbonyl (C=O) groups excluding carboxylic acids is 1. The smallest absolute Gasteiger partial charge is 0.291 e. The van der Waals surface area contributed by atoms with Crippen LogP contribution in [0.25, 0.3) is 0 Å². The zero-order valence-electron chi connectivity index (χ0n) is 15.5. The summed E-state index contributed by atoms with van der Waals surface area (Å²) in [5.74, 6) is -0.377. The summed E-state index contributed by atoms with van der Waals surface area (Å²) in [5.41, 5.74) is 2.84. The molecule has 0 aliphatic heterocycles. The Hall–Kier alpha value is -2.78. The average molecular weight is 417 g/mol. The van der Waals surface area contributed by atoms with E-state index in [1.54, 1.807) is 30.3 Å². The lowest BCUT2D eigenvalue weighted by atomic mass is 10.0. The predicted molar refractivity (Wildman–Crippen MR) is 110 cm³/mol. The minimum absolute atomic E-state index is 0.119. The molecular formula is C19H20N4O3S2. The van der Waals surface area contributed by atoms with Crippen LogP contribution in [-0.2, 0) is 22.9 Å². The minimum Gasteiger partial charge on any atom is -0.296 e. The highest BCUT2D eigenvalue weighted by Gasteiger charge is 2.23. The molecule has 3 rings (SSSR count). The van der Waals surface area contributed by atoms with E-state index in [0.29, 0.717) is 24.1 Å². The molecule has 0 saturated carbocycles. The van der Waals surface area contributed by atoms with E-state index in [1.807, 2.05) is 32.0 Å². The number of hydrogen-bond donors (Lipinski definition) is 2. The third kappa shape index (κ3) is 4.37. The first-order chi connectivity index (χ1) is 13.4. The molecule has 1 amide bonds. The second-order valence-electron chi connectivity index (χ2n) is 5.96. The lowest BCUT2D eigenvalue weighted by Crippen LogP contribution is -2.15. The molecule has 3 aromatic rings. The van der Waals surface area contributed by atoms with Crippen LogP contribution < -0.4 is 10.0 Å². The highest BCUT2D eigenvalue weighted by molar-refractivity contribution is 7.94. The van der Waals surface area contributed by atoms with E-state index in [1.165, 1.54) is 0 Å². The van der Waals surface area contributed by atoms with Crippen LogP contribution >= 0.6 is 11.3 Å². The maximum Gasteiger partial charge on any atom is 0.291 e. The number of benzene rings is 2. The van der Waals surface area contributed by atoms with E-state index in [0.717, 1.165) is 22.5 Å². The molecule has 0 radical (unpaired) electrons. The standard InChI is InChI=1S/C19H20N4O3S2/c1-3-13-11-8-12-14(4-2)16(13)23-28(25,26)19-22-21-18(27-19)20-17(24)15-9-6-5-7-10-15/h5-12,23H,3-4H2,1-2H3,(H,20,21,24). The second kappa shape index (κ2) is 8.49. The Balaban J connectivity index is 1.82. The van der Waals surface area contributed by atoms with Crippen LogP contribution in [0.4, 0.5) is 10.8 Å². The monoisotopic (exact) mass is 416 g/mol. The lowest BCUT2D eigenvalue weighted by Gasteiger charge is -2.14. The number of para-hydroxylation sites is 1. The van der Waals surface area contributed by atoms with Gasteiger partial charge >= 0.3 is 0 Å². The summed E-state index contributed by atoms with van der Waals surface area (Å²) in [4.78, 5) is 12.2. The van der Waals surface area contributed by atoms with Gasteiger partial charge in [-0.3, -0.25) is 14.8 Å². The van der Waals surface area contributed by atoms with Gasteiger partial charge in [-0.25, -0.2) is 0 Å². The molecule has 0 saturated heterocycles. The highest BCUT2D eigenvalue weighted by atomic mass is 32.2. The van der Waals surface area contributed by atoms with E-state index < -0.39 is 10.0 Å². The summed E-state index contributed by atoms with van der Waals surface area (Å²) in [6.45, 7) is 3.93. The van der Waals surface area contributed by atoms with Crippen molar-refractivity contribution in [1.82, 2.24) is 10.2 Å². The van der Waals surface area contributed by atoms with Gasteiger partial charge in [0.25, 0.3) is 20.3 Å². The molecule has 1 aromatic heterocycles. The molecule has 9 heteroatoms. The van der Waals surface area contributed by atoms with Gasteiger partial charge in [-0.05, 0) is 36.1 Å². The molecule has 2 N–H and O–H groups in total. The number of aryl methyl sites for hydroxylation is 2. The summed E-state index contributed by atoms with van der Waals surface area (Å²) in [7, 11) is -3.91. The summed E-state index contributed by atoms with van der Waals surface area (Å²) >= 11 is 0.804. The van der Waals surface area contributed by atoms with Crippen LogP contribution in [0.5, 0.6) is 0 Å². The molecule has 0 unspecified atom stereocenters. The lowest BCUT2D eigenvalue weighted by molar-refractivity contribution is 0.102. The Morgan fingerprint density at radius 3 is 2.21 bits per heavy atom. The number of anilines is 2. The molecule has 28 heavy (non-hydrogen) atoms. The zero-order chi connectivity index (χ0) is 20.1. The molecule has 0 aliphatic rings. The molecule has 1 heterocycles. The molecular weight excluding hydrogens is 396 g/mol. The number of carbonyl (C=O) groups is 1. The molecule has 0 bridgehead atoms. The van der Waals surface area contributed by atoms with Crippen molar-refractivity contribution in [3.05, 3.63) is 65.2 Å². The topological polar surface area (TPSA) is 101 Å². The maximum atomic E-state index is 12.8. The molecule has 0 atom stereocenters. The van der Waals surface area contributed by atoms with Crippen LogP contribution in [0, 0.1) is 0 Å². The van der Waals surface area contributed by atoms with Gasteiger partial charge in [-0.2, -0.15) is 8.42 Å². The zero-order valence-corrected chi connectivity index (χ0v) is 17.1. The van der Waals surface area contributed by atoms with Gasteiger partial charge in [0.05, 0.1) is 5.69 Å². The molecule has 0 spiro atoms. The van der Waals surface area contributed by atoms with Crippen molar-refractivity contribution in [2.45, 2.75) is 31.0 Å². The van der Waals surface area contributed by atoms with E-state index in [-0.39, 0.29) is 15.4 Å². The van der Waals surface area contributed by atoms with E-state index in [4.69, 9.17) is 0 Å². The highest BCUT2D eigenvalue weighted by Crippen LogP contribution is 2.28. The summed E-state index contributed by atoms with van der Waals surface area (Å²) in [5, 5.41) is 10.2. The van der Waals surface area contributed by atoms with Gasteiger partial charge in [0.15, 0.2) is 0 Å². The number of sulfonamides is 1. The molecule has 2 aromatic carbocycles. The van der Waals surface area contributed by atoms with Crippen molar-refractivity contribution in [1.29, 1.82) is 0 Å². The second-order valence-corrected chi connectivity index (χ2v) is 8.79. The van der Waals surface area contributed by atoms with Crippen LogP contribution in [0.3, 0.4) is 0 Å². The Morgan fingerprint density at radius 1 is 0.964 bits per heavy atom.